The molecule has 0 radical (unpaired) electrons. The summed E-state index contributed by atoms with van der Waals surface area (Å²) in [5, 5.41) is 15.5. The van der Waals surface area contributed by atoms with Crippen LogP contribution >= 0.6 is 0 Å². The van der Waals surface area contributed by atoms with Crippen molar-refractivity contribution in [2.24, 2.45) is 11.8 Å². The lowest BCUT2D eigenvalue weighted by Gasteiger charge is -2.58. The molecule has 4 heterocycles. The molecular weight excluding hydrogens is 404 g/mol. The number of hydrogen-bond acceptors (Lipinski definition) is 2. The highest BCUT2D eigenvalue weighted by Gasteiger charge is 2.53. The minimum Gasteiger partial charge on any atom is -0.382 e. The number of hydrogen-bond donors (Lipinski definition) is 1. The van der Waals surface area contributed by atoms with Crippen molar-refractivity contribution in [3.05, 3.63) is 103 Å². The van der Waals surface area contributed by atoms with E-state index in [0.717, 1.165) is 47.0 Å². The molecule has 2 bridgehead atoms. The molecule has 3 nitrogen and oxygen atoms in total. The fraction of sp³-hybridized carbons (Fsp3) is 0.300. The number of piperidine rings is 3. The summed E-state index contributed by atoms with van der Waals surface area (Å²) in [5.41, 5.74) is 3.33. The number of aliphatic hydroxyl groups is 1. The fourth-order valence-electron chi connectivity index (χ4n) is 6.67. The lowest BCUT2D eigenvalue weighted by molar-refractivity contribution is -0.984. The van der Waals surface area contributed by atoms with Crippen molar-refractivity contribution in [1.29, 1.82) is 0 Å². The molecule has 0 saturated carbocycles. The number of fused-ring (bicyclic) bond motifs is 5. The van der Waals surface area contributed by atoms with E-state index in [9.17, 15) is 5.11 Å². The summed E-state index contributed by atoms with van der Waals surface area (Å²) in [6, 6.07) is 25.8. The van der Waals surface area contributed by atoms with Crippen molar-refractivity contribution < 1.29 is 9.59 Å². The molecule has 3 saturated heterocycles. The Morgan fingerprint density at radius 3 is 2.73 bits per heavy atom. The third-order valence-electron chi connectivity index (χ3n) is 8.35. The van der Waals surface area contributed by atoms with Crippen LogP contribution in [0.5, 0.6) is 0 Å². The number of aromatic nitrogens is 1. The maximum atomic E-state index is 11.9. The number of aliphatic hydroxyl groups excluding tert-OH is 1. The van der Waals surface area contributed by atoms with Crippen molar-refractivity contribution in [2.45, 2.75) is 31.5 Å². The fourth-order valence-corrected chi connectivity index (χ4v) is 6.67. The van der Waals surface area contributed by atoms with E-state index >= 15 is 0 Å². The SMILES string of the molecule is C=CC1C[N+]2(Cc3ccc4ccccc4c3)CCC1CC2[C@@H](O)c1ccnc2ccccc12. The molecule has 7 rings (SSSR count). The molecule has 3 aliphatic heterocycles. The molecule has 0 amide bonds. The number of rotatable bonds is 5. The van der Waals surface area contributed by atoms with Gasteiger partial charge in [-0.25, -0.2) is 0 Å². The van der Waals surface area contributed by atoms with E-state index in [1.165, 1.54) is 22.8 Å². The summed E-state index contributed by atoms with van der Waals surface area (Å²) in [5.74, 6) is 1.14. The Hall–Kier alpha value is -3.01. The molecule has 3 fully saturated rings. The summed E-state index contributed by atoms with van der Waals surface area (Å²) in [4.78, 5) is 4.53. The van der Waals surface area contributed by atoms with Crippen LogP contribution in [0.25, 0.3) is 21.7 Å². The van der Waals surface area contributed by atoms with E-state index in [-0.39, 0.29) is 6.04 Å². The Bertz CT molecular complexity index is 1330. The normalized spacial score (nSPS) is 27.6. The summed E-state index contributed by atoms with van der Waals surface area (Å²) < 4.78 is 0.934. The zero-order valence-corrected chi connectivity index (χ0v) is 19.0. The van der Waals surface area contributed by atoms with Gasteiger partial charge in [0.05, 0.1) is 18.6 Å². The average Bonchev–Trinajstić information content (AvgIpc) is 2.87. The summed E-state index contributed by atoms with van der Waals surface area (Å²) in [6.07, 6.45) is 5.76. The first-order chi connectivity index (χ1) is 16.2. The minimum absolute atomic E-state index is 0.178. The molecule has 166 valence electrons. The number of quaternary nitrogens is 1. The highest BCUT2D eigenvalue weighted by molar-refractivity contribution is 5.83. The monoisotopic (exact) mass is 435 g/mol. The Balaban J connectivity index is 1.41. The van der Waals surface area contributed by atoms with E-state index in [2.05, 4.69) is 66.2 Å². The maximum Gasteiger partial charge on any atom is 0.131 e. The zero-order chi connectivity index (χ0) is 22.4. The van der Waals surface area contributed by atoms with Gasteiger partial charge in [0.2, 0.25) is 0 Å². The van der Waals surface area contributed by atoms with Gasteiger partial charge in [-0.3, -0.25) is 4.98 Å². The van der Waals surface area contributed by atoms with E-state index in [0.29, 0.717) is 11.8 Å². The van der Waals surface area contributed by atoms with Gasteiger partial charge in [-0.15, -0.1) is 6.58 Å². The van der Waals surface area contributed by atoms with Gasteiger partial charge < -0.3 is 9.59 Å². The molecule has 3 aromatic carbocycles. The van der Waals surface area contributed by atoms with Crippen LogP contribution in [0.15, 0.2) is 91.6 Å². The Morgan fingerprint density at radius 2 is 1.85 bits per heavy atom. The van der Waals surface area contributed by atoms with Crippen molar-refractivity contribution in [2.75, 3.05) is 13.1 Å². The summed E-state index contributed by atoms with van der Waals surface area (Å²) >= 11 is 0. The van der Waals surface area contributed by atoms with Crippen molar-refractivity contribution in [3.8, 4) is 0 Å². The predicted molar refractivity (Wildman–Crippen MR) is 135 cm³/mol. The molecule has 3 aliphatic rings. The standard InChI is InChI=1S/C30H31N2O/c1-2-22-20-32(19-21-11-12-23-7-3-4-8-24(23)17-21)16-14-25(22)18-29(32)30(33)27-13-15-31-28-10-6-5-9-26(27)28/h2-13,15,17,22,25,29-30,33H,1,14,16,18-20H2/q+1/t22?,25?,29?,30-,32?/m0/s1. The van der Waals surface area contributed by atoms with E-state index < -0.39 is 6.10 Å². The van der Waals surface area contributed by atoms with Crippen molar-refractivity contribution in [3.63, 3.8) is 0 Å². The lowest BCUT2D eigenvalue weighted by atomic mass is 9.71. The third-order valence-corrected chi connectivity index (χ3v) is 8.35. The second-order valence-electron chi connectivity index (χ2n) is 10.1. The number of benzene rings is 3. The van der Waals surface area contributed by atoms with Crippen LogP contribution in [0.4, 0.5) is 0 Å². The van der Waals surface area contributed by atoms with E-state index in [1.54, 1.807) is 0 Å². The molecule has 1 N–H and O–H groups in total. The van der Waals surface area contributed by atoms with Crippen LogP contribution in [-0.2, 0) is 6.54 Å². The van der Waals surface area contributed by atoms with Gasteiger partial charge in [-0.2, -0.15) is 0 Å². The summed E-state index contributed by atoms with van der Waals surface area (Å²) in [6.45, 7) is 7.30. The number of nitrogens with zero attached hydrogens (tertiary/aromatic N) is 2. The average molecular weight is 436 g/mol. The van der Waals surface area contributed by atoms with Crippen LogP contribution in [-0.4, -0.2) is 33.7 Å². The van der Waals surface area contributed by atoms with Gasteiger partial charge in [0.25, 0.3) is 0 Å². The Morgan fingerprint density at radius 1 is 1.03 bits per heavy atom. The minimum atomic E-state index is -0.507. The Kier molecular flexibility index (Phi) is 5.05. The molecular formula is C30H31N2O+. The number of para-hydroxylation sites is 1. The highest BCUT2D eigenvalue weighted by atomic mass is 16.3. The van der Waals surface area contributed by atoms with E-state index in [1.807, 2.05) is 30.5 Å². The van der Waals surface area contributed by atoms with Gasteiger partial charge in [0, 0.05) is 35.9 Å². The van der Waals surface area contributed by atoms with Crippen LogP contribution in [0.3, 0.4) is 0 Å². The topological polar surface area (TPSA) is 33.1 Å². The first kappa shape index (κ1) is 20.6. The molecule has 33 heavy (non-hydrogen) atoms. The van der Waals surface area contributed by atoms with Gasteiger partial charge in [0.1, 0.15) is 18.7 Å². The summed E-state index contributed by atoms with van der Waals surface area (Å²) in [7, 11) is 0. The van der Waals surface area contributed by atoms with Crippen molar-refractivity contribution >= 4 is 21.7 Å². The molecule has 0 aliphatic carbocycles. The van der Waals surface area contributed by atoms with E-state index in [4.69, 9.17) is 0 Å². The largest absolute Gasteiger partial charge is 0.382 e. The molecule has 1 aromatic heterocycles. The van der Waals surface area contributed by atoms with Crippen LogP contribution in [0, 0.1) is 11.8 Å². The predicted octanol–water partition coefficient (Wildman–Crippen LogP) is 6.03. The zero-order valence-electron chi connectivity index (χ0n) is 19.0. The molecule has 0 spiro atoms. The first-order valence-corrected chi connectivity index (χ1v) is 12.1. The maximum absolute atomic E-state index is 11.9. The molecule has 4 unspecified atom stereocenters. The van der Waals surface area contributed by atoms with Gasteiger partial charge in [-0.05, 0) is 40.5 Å². The van der Waals surface area contributed by atoms with Gasteiger partial charge in [0.15, 0.2) is 0 Å². The second kappa shape index (κ2) is 8.09. The third kappa shape index (κ3) is 3.47. The van der Waals surface area contributed by atoms with Gasteiger partial charge >= 0.3 is 0 Å². The molecule has 3 heteroatoms. The molecule has 4 aromatic rings. The Labute approximate surface area is 195 Å². The lowest BCUT2D eigenvalue weighted by Crippen LogP contribution is -2.67. The van der Waals surface area contributed by atoms with Crippen molar-refractivity contribution in [1.82, 2.24) is 4.98 Å². The smallest absolute Gasteiger partial charge is 0.131 e. The highest BCUT2D eigenvalue weighted by Crippen LogP contribution is 2.48. The second-order valence-corrected chi connectivity index (χ2v) is 10.1. The number of pyridine rings is 1. The van der Waals surface area contributed by atoms with Gasteiger partial charge in [-0.1, -0.05) is 60.7 Å². The van der Waals surface area contributed by atoms with Crippen LogP contribution < -0.4 is 0 Å². The van der Waals surface area contributed by atoms with Crippen LogP contribution in [0.2, 0.25) is 0 Å². The first-order valence-electron chi connectivity index (χ1n) is 12.1. The quantitative estimate of drug-likeness (QED) is 0.307. The van der Waals surface area contributed by atoms with Crippen LogP contribution in [0.1, 0.15) is 30.1 Å². The molecule has 5 atom stereocenters.